The first-order valence-electron chi connectivity index (χ1n) is 5.28. The van der Waals surface area contributed by atoms with E-state index in [0.29, 0.717) is 13.2 Å². The number of allylic oxidation sites excluding steroid dienone is 2. The lowest BCUT2D eigenvalue weighted by atomic mass is 10.2. The summed E-state index contributed by atoms with van der Waals surface area (Å²) in [4.78, 5) is 0. The zero-order valence-electron chi connectivity index (χ0n) is 9.13. The van der Waals surface area contributed by atoms with E-state index in [1.54, 1.807) is 0 Å². The van der Waals surface area contributed by atoms with E-state index in [1.165, 1.54) is 0 Å². The zero-order valence-corrected chi connectivity index (χ0v) is 10.6. The first-order chi connectivity index (χ1) is 7.20. The average molecular weight is 251 g/mol. The fourth-order valence-corrected chi connectivity index (χ4v) is 1.55. The van der Waals surface area contributed by atoms with Crippen LogP contribution in [0.4, 0.5) is 0 Å². The van der Waals surface area contributed by atoms with E-state index >= 15 is 0 Å². The second-order valence-electron chi connectivity index (χ2n) is 3.43. The fraction of sp³-hybridized carbons (Fsp3) is 0.667. The van der Waals surface area contributed by atoms with Crippen LogP contribution in [0.5, 0.6) is 0 Å². The Morgan fingerprint density at radius 2 is 1.33 bits per heavy atom. The highest BCUT2D eigenvalue weighted by atomic mass is 35.5. The van der Waals surface area contributed by atoms with Crippen molar-refractivity contribution in [3.05, 3.63) is 25.3 Å². The molecule has 0 radical (unpaired) electrons. The van der Waals surface area contributed by atoms with E-state index < -0.39 is 0 Å². The lowest BCUT2D eigenvalue weighted by Gasteiger charge is -2.09. The van der Waals surface area contributed by atoms with Crippen LogP contribution in [0, 0.1) is 0 Å². The highest BCUT2D eigenvalue weighted by Gasteiger charge is 2.03. The summed E-state index contributed by atoms with van der Waals surface area (Å²) in [5.41, 5.74) is 0. The molecule has 15 heavy (non-hydrogen) atoms. The largest absolute Gasteiger partial charge is 0.381 e. The van der Waals surface area contributed by atoms with Crippen molar-refractivity contribution in [3.63, 3.8) is 0 Å². The summed E-state index contributed by atoms with van der Waals surface area (Å²) in [7, 11) is 0. The summed E-state index contributed by atoms with van der Waals surface area (Å²) in [5.74, 6) is 0. The summed E-state index contributed by atoms with van der Waals surface area (Å²) in [5, 5.41) is 0.282. The van der Waals surface area contributed by atoms with Gasteiger partial charge in [0, 0.05) is 24.0 Å². The van der Waals surface area contributed by atoms with Gasteiger partial charge >= 0.3 is 0 Å². The number of ether oxygens (including phenoxy) is 1. The van der Waals surface area contributed by atoms with Gasteiger partial charge in [0.1, 0.15) is 0 Å². The van der Waals surface area contributed by atoms with Gasteiger partial charge in [-0.15, -0.1) is 36.4 Å². The normalized spacial score (nSPS) is 14.5. The number of hydrogen-bond donors (Lipinski definition) is 0. The molecule has 0 saturated carbocycles. The fourth-order valence-electron chi connectivity index (χ4n) is 1.12. The summed E-state index contributed by atoms with van der Waals surface area (Å²) >= 11 is 12.0. The molecule has 0 aliphatic heterocycles. The van der Waals surface area contributed by atoms with Crippen LogP contribution in [-0.4, -0.2) is 24.0 Å². The second-order valence-corrected chi connectivity index (χ2v) is 4.67. The molecule has 0 aromatic carbocycles. The maximum Gasteiger partial charge on any atom is 0.0480 e. The molecule has 0 amide bonds. The quantitative estimate of drug-likeness (QED) is 0.322. The Morgan fingerprint density at radius 3 is 1.67 bits per heavy atom. The van der Waals surface area contributed by atoms with Crippen LogP contribution in [0.2, 0.25) is 0 Å². The molecule has 0 fully saturated rings. The molecule has 0 aromatic rings. The van der Waals surface area contributed by atoms with Gasteiger partial charge in [-0.25, -0.2) is 0 Å². The van der Waals surface area contributed by atoms with Gasteiger partial charge in [0.05, 0.1) is 0 Å². The van der Waals surface area contributed by atoms with Crippen molar-refractivity contribution in [3.8, 4) is 0 Å². The topological polar surface area (TPSA) is 9.23 Å². The van der Waals surface area contributed by atoms with Crippen LogP contribution in [0.15, 0.2) is 25.3 Å². The van der Waals surface area contributed by atoms with Gasteiger partial charge in [-0.3, -0.25) is 0 Å². The van der Waals surface area contributed by atoms with Crippen LogP contribution in [0.1, 0.15) is 25.7 Å². The molecule has 0 saturated heterocycles. The van der Waals surface area contributed by atoms with E-state index in [9.17, 15) is 0 Å². The van der Waals surface area contributed by atoms with Crippen LogP contribution in [0.3, 0.4) is 0 Å². The van der Waals surface area contributed by atoms with E-state index in [4.69, 9.17) is 27.9 Å². The van der Waals surface area contributed by atoms with Crippen molar-refractivity contribution in [1.82, 2.24) is 0 Å². The average Bonchev–Trinajstić information content (AvgIpc) is 2.18. The molecule has 0 aliphatic carbocycles. The smallest absolute Gasteiger partial charge is 0.0480 e. The van der Waals surface area contributed by atoms with Gasteiger partial charge in [0.25, 0.3) is 0 Å². The minimum atomic E-state index is 0.141. The Hall–Kier alpha value is 0.0200. The van der Waals surface area contributed by atoms with Crippen molar-refractivity contribution >= 4 is 23.2 Å². The number of hydrogen-bond acceptors (Lipinski definition) is 1. The number of alkyl halides is 2. The maximum absolute atomic E-state index is 5.98. The highest BCUT2D eigenvalue weighted by molar-refractivity contribution is 6.20. The Balaban J connectivity index is 3.23. The van der Waals surface area contributed by atoms with E-state index in [2.05, 4.69) is 13.2 Å². The lowest BCUT2D eigenvalue weighted by Crippen LogP contribution is -2.07. The van der Waals surface area contributed by atoms with E-state index in [1.807, 2.05) is 12.2 Å². The monoisotopic (exact) mass is 250 g/mol. The molecule has 0 N–H and O–H groups in total. The molecule has 0 heterocycles. The van der Waals surface area contributed by atoms with Gasteiger partial charge in [-0.1, -0.05) is 12.2 Å². The predicted molar refractivity (Wildman–Crippen MR) is 69.0 cm³/mol. The third-order valence-electron chi connectivity index (χ3n) is 2.00. The van der Waals surface area contributed by atoms with Crippen LogP contribution in [-0.2, 0) is 4.74 Å². The number of halogens is 2. The molecular formula is C12H20Cl2O. The Bertz CT molecular complexity index is 153. The van der Waals surface area contributed by atoms with Crippen molar-refractivity contribution < 1.29 is 4.74 Å². The van der Waals surface area contributed by atoms with Gasteiger partial charge < -0.3 is 4.74 Å². The van der Waals surface area contributed by atoms with Gasteiger partial charge in [0.15, 0.2) is 0 Å². The third kappa shape index (κ3) is 10.3. The molecule has 0 aliphatic rings. The third-order valence-corrected chi connectivity index (χ3v) is 2.79. The molecular weight excluding hydrogens is 231 g/mol. The SMILES string of the molecule is C=CCC(Cl)CCOCCC(Cl)CC=C. The molecule has 0 spiro atoms. The standard InChI is InChI=1S/C12H20Cl2O/c1-3-5-11(13)7-9-15-10-8-12(14)6-4-2/h3-4,11-12H,1-2,5-10H2. The molecule has 2 atom stereocenters. The first-order valence-corrected chi connectivity index (χ1v) is 6.15. The van der Waals surface area contributed by atoms with Crippen molar-refractivity contribution in [2.75, 3.05) is 13.2 Å². The van der Waals surface area contributed by atoms with Crippen LogP contribution < -0.4 is 0 Å². The first kappa shape index (κ1) is 15.0. The van der Waals surface area contributed by atoms with Gasteiger partial charge in [-0.05, 0) is 25.7 Å². The molecule has 0 aromatic heterocycles. The molecule has 0 rings (SSSR count). The Morgan fingerprint density at radius 1 is 0.933 bits per heavy atom. The van der Waals surface area contributed by atoms with Gasteiger partial charge in [0.2, 0.25) is 0 Å². The maximum atomic E-state index is 5.98. The van der Waals surface area contributed by atoms with Crippen molar-refractivity contribution in [2.24, 2.45) is 0 Å². The Labute approximate surface area is 103 Å². The van der Waals surface area contributed by atoms with Crippen LogP contribution >= 0.6 is 23.2 Å². The van der Waals surface area contributed by atoms with E-state index in [-0.39, 0.29) is 10.8 Å². The summed E-state index contributed by atoms with van der Waals surface area (Å²) in [6.45, 7) is 8.66. The molecule has 0 bridgehead atoms. The summed E-state index contributed by atoms with van der Waals surface area (Å²) in [6.07, 6.45) is 7.05. The predicted octanol–water partition coefficient (Wildman–Crippen LogP) is 4.15. The lowest BCUT2D eigenvalue weighted by molar-refractivity contribution is 0.128. The number of rotatable bonds is 10. The molecule has 2 unspecified atom stereocenters. The summed E-state index contributed by atoms with van der Waals surface area (Å²) in [6, 6.07) is 0. The zero-order chi connectivity index (χ0) is 11.5. The molecule has 88 valence electrons. The Kier molecular flexibility index (Phi) is 10.5. The highest BCUT2D eigenvalue weighted by Crippen LogP contribution is 2.10. The van der Waals surface area contributed by atoms with Crippen molar-refractivity contribution in [2.45, 2.75) is 36.4 Å². The second kappa shape index (κ2) is 10.5. The molecule has 1 nitrogen and oxygen atoms in total. The summed E-state index contributed by atoms with van der Waals surface area (Å²) < 4.78 is 5.43. The van der Waals surface area contributed by atoms with E-state index in [0.717, 1.165) is 25.7 Å². The minimum Gasteiger partial charge on any atom is -0.381 e. The van der Waals surface area contributed by atoms with Crippen molar-refractivity contribution in [1.29, 1.82) is 0 Å². The minimum absolute atomic E-state index is 0.141. The molecule has 3 heteroatoms. The van der Waals surface area contributed by atoms with Crippen LogP contribution in [0.25, 0.3) is 0 Å². The van der Waals surface area contributed by atoms with Gasteiger partial charge in [-0.2, -0.15) is 0 Å².